The number of carbonyl (C=O) groups excluding carboxylic acids is 1. The van der Waals surface area contributed by atoms with Crippen LogP contribution in [0.25, 0.3) is 11.3 Å². The summed E-state index contributed by atoms with van der Waals surface area (Å²) >= 11 is 0. The summed E-state index contributed by atoms with van der Waals surface area (Å²) in [5.74, 6) is -0.437. The highest BCUT2D eigenvalue weighted by Gasteiger charge is 2.39. The molecule has 9 nitrogen and oxygen atoms in total. The lowest BCUT2D eigenvalue weighted by Gasteiger charge is -2.36. The fraction of sp³-hybridized carbons (Fsp3) is 0.636. The number of sulfonamides is 1. The van der Waals surface area contributed by atoms with Crippen LogP contribution in [0.5, 0.6) is 0 Å². The number of aldehydes is 1. The number of hydrogen-bond donors (Lipinski definition) is 1. The van der Waals surface area contributed by atoms with Crippen molar-refractivity contribution in [3.05, 3.63) is 24.2 Å². The fourth-order valence-electron chi connectivity index (χ4n) is 4.86. The van der Waals surface area contributed by atoms with Crippen molar-refractivity contribution < 1.29 is 39.6 Å². The summed E-state index contributed by atoms with van der Waals surface area (Å²) in [5.41, 5.74) is -2.10. The minimum atomic E-state index is -4.86. The number of hydrogen-bond acceptors (Lipinski definition) is 7. The van der Waals surface area contributed by atoms with Crippen molar-refractivity contribution in [1.82, 2.24) is 24.1 Å². The molecule has 1 saturated heterocycles. The molecule has 1 saturated carbocycles. The first-order valence-electron chi connectivity index (χ1n) is 12.0. The Bertz CT molecular complexity index is 1240. The molecular formula is C22H26F6N6O3S. The van der Waals surface area contributed by atoms with E-state index in [9.17, 15) is 39.6 Å². The van der Waals surface area contributed by atoms with Crippen LogP contribution in [-0.4, -0.2) is 69.3 Å². The highest BCUT2D eigenvalue weighted by Crippen LogP contribution is 2.36. The van der Waals surface area contributed by atoms with Gasteiger partial charge in [-0.3, -0.25) is 4.68 Å². The third-order valence-electron chi connectivity index (χ3n) is 6.77. The molecular weight excluding hydrogens is 542 g/mol. The number of carbonyl (C=O) groups is 1. The van der Waals surface area contributed by atoms with Crippen LogP contribution in [0.3, 0.4) is 0 Å². The van der Waals surface area contributed by atoms with E-state index < -0.39 is 45.4 Å². The summed E-state index contributed by atoms with van der Waals surface area (Å²) in [6.07, 6.45) is -3.60. The van der Waals surface area contributed by atoms with Crippen molar-refractivity contribution in [3.63, 3.8) is 0 Å². The monoisotopic (exact) mass is 568 g/mol. The van der Waals surface area contributed by atoms with Gasteiger partial charge in [-0.25, -0.2) is 22.7 Å². The first kappa shape index (κ1) is 28.3. The largest absolute Gasteiger partial charge is 0.419 e. The van der Waals surface area contributed by atoms with Crippen LogP contribution in [0.1, 0.15) is 44.1 Å². The zero-order chi connectivity index (χ0) is 27.7. The van der Waals surface area contributed by atoms with Gasteiger partial charge in [-0.15, -0.1) is 0 Å². The number of rotatable bonds is 7. The topological polar surface area (TPSA) is 110 Å². The molecule has 2 atom stereocenters. The van der Waals surface area contributed by atoms with Crippen molar-refractivity contribution in [2.24, 2.45) is 5.92 Å². The molecule has 4 rings (SSSR count). The molecule has 2 fully saturated rings. The molecule has 38 heavy (non-hydrogen) atoms. The second kappa shape index (κ2) is 10.8. The lowest BCUT2D eigenvalue weighted by atomic mass is 9.90. The Balaban J connectivity index is 1.46. The zero-order valence-corrected chi connectivity index (χ0v) is 20.9. The van der Waals surface area contributed by atoms with E-state index in [1.807, 2.05) is 0 Å². The van der Waals surface area contributed by atoms with E-state index in [0.717, 1.165) is 18.7 Å². The Morgan fingerprint density at radius 1 is 1.05 bits per heavy atom. The maximum absolute atomic E-state index is 13.6. The van der Waals surface area contributed by atoms with Gasteiger partial charge in [0.1, 0.15) is 18.4 Å². The van der Waals surface area contributed by atoms with Gasteiger partial charge in [0.25, 0.3) is 0 Å². The van der Waals surface area contributed by atoms with E-state index >= 15 is 0 Å². The molecule has 2 unspecified atom stereocenters. The summed E-state index contributed by atoms with van der Waals surface area (Å²) in [7, 11) is -3.60. The first-order chi connectivity index (χ1) is 17.8. The third-order valence-corrected chi connectivity index (χ3v) is 9.13. The number of nitrogens with one attached hydrogen (secondary N) is 1. The van der Waals surface area contributed by atoms with Crippen LogP contribution in [0.4, 0.5) is 32.3 Å². The number of piperidine rings is 1. The molecule has 210 valence electrons. The molecule has 0 radical (unpaired) electrons. The second-order valence-electron chi connectivity index (χ2n) is 9.54. The second-order valence-corrected chi connectivity index (χ2v) is 11.8. The van der Waals surface area contributed by atoms with Gasteiger partial charge in [-0.05, 0) is 32.1 Å². The van der Waals surface area contributed by atoms with Crippen molar-refractivity contribution in [1.29, 1.82) is 0 Å². The minimum Gasteiger partial charge on any atom is -0.351 e. The quantitative estimate of drug-likeness (QED) is 0.399. The van der Waals surface area contributed by atoms with Gasteiger partial charge < -0.3 is 10.1 Å². The van der Waals surface area contributed by atoms with Crippen LogP contribution in [0, 0.1) is 5.92 Å². The number of alkyl halides is 6. The maximum atomic E-state index is 13.6. The SMILES string of the molecule is O=CC1CCCC(S(=O)(=O)N2CCC(Nc3ncc(C(F)(F)F)c(-c4cnn(CC(F)(F)F)c4)n3)CC2)C1. The predicted molar refractivity (Wildman–Crippen MR) is 123 cm³/mol. The molecule has 0 aromatic carbocycles. The molecule has 0 spiro atoms. The lowest BCUT2D eigenvalue weighted by Crippen LogP contribution is -2.47. The molecule has 1 aliphatic heterocycles. The zero-order valence-electron chi connectivity index (χ0n) is 20.0. The van der Waals surface area contributed by atoms with Crippen LogP contribution in [-0.2, 0) is 27.5 Å². The summed E-state index contributed by atoms with van der Waals surface area (Å²) in [6, 6.07) is -0.340. The number of aromatic nitrogens is 4. The van der Waals surface area contributed by atoms with E-state index in [0.29, 0.717) is 49.4 Å². The number of anilines is 1. The van der Waals surface area contributed by atoms with Crippen molar-refractivity contribution >= 4 is 22.3 Å². The summed E-state index contributed by atoms with van der Waals surface area (Å²) in [4.78, 5) is 18.8. The highest BCUT2D eigenvalue weighted by atomic mass is 32.2. The molecule has 0 amide bonds. The number of nitrogens with zero attached hydrogens (tertiary/aromatic N) is 5. The maximum Gasteiger partial charge on any atom is 0.419 e. The average molecular weight is 569 g/mol. The Morgan fingerprint density at radius 3 is 2.39 bits per heavy atom. The van der Waals surface area contributed by atoms with Gasteiger partial charge in [-0.2, -0.15) is 31.4 Å². The van der Waals surface area contributed by atoms with E-state index in [4.69, 9.17) is 0 Å². The smallest absolute Gasteiger partial charge is 0.351 e. The standard InChI is InChI=1S/C22H26F6N6O3S/c23-21(24,25)13-33-11-15(9-30-33)19-18(22(26,27)28)10-29-20(32-19)31-16-4-6-34(7-5-16)38(36,37)17-3-1-2-14(8-17)12-35/h9-12,14,16-17H,1-8,13H2,(H,29,31,32). The third kappa shape index (κ3) is 6.62. The molecule has 1 aliphatic carbocycles. The van der Waals surface area contributed by atoms with E-state index in [1.54, 1.807) is 0 Å². The van der Waals surface area contributed by atoms with Crippen LogP contribution in [0.15, 0.2) is 18.6 Å². The molecule has 2 aromatic rings. The van der Waals surface area contributed by atoms with Crippen LogP contribution < -0.4 is 5.32 Å². The van der Waals surface area contributed by atoms with Crippen LogP contribution >= 0.6 is 0 Å². The van der Waals surface area contributed by atoms with Crippen molar-refractivity contribution in [2.75, 3.05) is 18.4 Å². The molecule has 16 heteroatoms. The lowest BCUT2D eigenvalue weighted by molar-refractivity contribution is -0.142. The summed E-state index contributed by atoms with van der Waals surface area (Å²) in [5, 5.41) is 5.80. The van der Waals surface area contributed by atoms with Gasteiger partial charge in [-0.1, -0.05) is 6.42 Å². The highest BCUT2D eigenvalue weighted by molar-refractivity contribution is 7.89. The first-order valence-corrected chi connectivity index (χ1v) is 13.5. The van der Waals surface area contributed by atoms with E-state index in [2.05, 4.69) is 20.4 Å². The van der Waals surface area contributed by atoms with Gasteiger partial charge >= 0.3 is 12.4 Å². The van der Waals surface area contributed by atoms with Gasteiger partial charge in [0.05, 0.1) is 17.1 Å². The number of halogens is 6. The van der Waals surface area contributed by atoms with Gasteiger partial charge in [0, 0.05) is 43.0 Å². The van der Waals surface area contributed by atoms with E-state index in [-0.39, 0.29) is 36.6 Å². The van der Waals surface area contributed by atoms with Gasteiger partial charge in [0.2, 0.25) is 16.0 Å². The summed E-state index contributed by atoms with van der Waals surface area (Å²) < 4.78 is 107. The molecule has 1 N–H and O–H groups in total. The molecule has 2 aliphatic rings. The molecule has 0 bridgehead atoms. The van der Waals surface area contributed by atoms with Crippen LogP contribution in [0.2, 0.25) is 0 Å². The average Bonchev–Trinajstić information content (AvgIpc) is 3.30. The van der Waals surface area contributed by atoms with Gasteiger partial charge in [0.15, 0.2) is 0 Å². The van der Waals surface area contributed by atoms with Crippen molar-refractivity contribution in [2.45, 2.75) is 68.7 Å². The molecule has 2 aromatic heterocycles. The molecule has 3 heterocycles. The van der Waals surface area contributed by atoms with Crippen molar-refractivity contribution in [3.8, 4) is 11.3 Å². The van der Waals surface area contributed by atoms with E-state index in [1.165, 1.54) is 4.31 Å². The normalized spacial score (nSPS) is 22.4. The fourth-order valence-corrected chi connectivity index (χ4v) is 6.95. The Hall–Kier alpha value is -2.75. The minimum absolute atomic E-state index is 0.168. The Labute approximate surface area is 214 Å². The Kier molecular flexibility index (Phi) is 8.02. The predicted octanol–water partition coefficient (Wildman–Crippen LogP) is 3.89. The summed E-state index contributed by atoms with van der Waals surface area (Å²) in [6.45, 7) is -1.11. The Morgan fingerprint density at radius 2 is 1.76 bits per heavy atom.